The summed E-state index contributed by atoms with van der Waals surface area (Å²) in [7, 11) is 1.70. The molecule has 118 valence electrons. The molecule has 1 aliphatic carbocycles. The highest BCUT2D eigenvalue weighted by Gasteiger charge is 2.25. The Balaban J connectivity index is 2.16. The van der Waals surface area contributed by atoms with Gasteiger partial charge < -0.3 is 10.1 Å². The Bertz CT molecular complexity index is 473. The van der Waals surface area contributed by atoms with Crippen molar-refractivity contribution in [1.29, 1.82) is 0 Å². The van der Waals surface area contributed by atoms with E-state index >= 15 is 0 Å². The monoisotopic (exact) mass is 309 g/mol. The second-order valence-corrected chi connectivity index (χ2v) is 7.90. The molecule has 1 saturated carbocycles. The second kappa shape index (κ2) is 6.97. The molecule has 21 heavy (non-hydrogen) atoms. The van der Waals surface area contributed by atoms with Crippen LogP contribution in [0.3, 0.4) is 0 Å². The summed E-state index contributed by atoms with van der Waals surface area (Å²) in [5.74, 6) is 1.81. The molecule has 0 radical (unpaired) electrons. The zero-order valence-corrected chi connectivity index (χ0v) is 14.6. The van der Waals surface area contributed by atoms with E-state index in [0.717, 1.165) is 22.6 Å². The van der Waals surface area contributed by atoms with E-state index in [1.54, 1.807) is 7.11 Å². The van der Waals surface area contributed by atoms with E-state index in [9.17, 15) is 0 Å². The normalized spacial score (nSPS) is 22.5. The standard InChI is InChI=1S/C16H27N3OS/c1-16(2,3)15-18-12(10-20-4)9-14(19-15)17-11-6-7-13(8-11)21-5/h9,11,13H,6-8,10H2,1-5H3,(H,17,18,19). The van der Waals surface area contributed by atoms with Gasteiger partial charge in [-0.2, -0.15) is 11.8 Å². The summed E-state index contributed by atoms with van der Waals surface area (Å²) >= 11 is 1.97. The van der Waals surface area contributed by atoms with E-state index in [1.165, 1.54) is 19.3 Å². The van der Waals surface area contributed by atoms with Crippen molar-refractivity contribution in [2.75, 3.05) is 18.7 Å². The van der Waals surface area contributed by atoms with Gasteiger partial charge in [0.1, 0.15) is 11.6 Å². The van der Waals surface area contributed by atoms with Gasteiger partial charge in [-0.05, 0) is 25.5 Å². The van der Waals surface area contributed by atoms with E-state index in [1.807, 2.05) is 17.8 Å². The predicted molar refractivity (Wildman–Crippen MR) is 90.0 cm³/mol. The van der Waals surface area contributed by atoms with E-state index in [2.05, 4.69) is 37.3 Å². The van der Waals surface area contributed by atoms with Crippen molar-refractivity contribution in [2.24, 2.45) is 0 Å². The maximum atomic E-state index is 5.23. The van der Waals surface area contributed by atoms with Crippen LogP contribution < -0.4 is 5.32 Å². The Hall–Kier alpha value is -0.810. The van der Waals surface area contributed by atoms with Gasteiger partial charge >= 0.3 is 0 Å². The maximum Gasteiger partial charge on any atom is 0.136 e. The smallest absolute Gasteiger partial charge is 0.136 e. The predicted octanol–water partition coefficient (Wildman–Crippen LogP) is 3.62. The van der Waals surface area contributed by atoms with Crippen molar-refractivity contribution < 1.29 is 4.74 Å². The molecule has 0 saturated heterocycles. The number of hydrogen-bond donors (Lipinski definition) is 1. The summed E-state index contributed by atoms with van der Waals surface area (Å²) in [6.45, 7) is 6.95. The van der Waals surface area contributed by atoms with Crippen molar-refractivity contribution in [2.45, 2.75) is 63.3 Å². The molecule has 1 aromatic heterocycles. The molecule has 5 heteroatoms. The third-order valence-corrected chi connectivity index (χ3v) is 4.91. The molecule has 1 aliphatic rings. The molecule has 0 aromatic carbocycles. The summed E-state index contributed by atoms with van der Waals surface area (Å²) in [5.41, 5.74) is 0.886. The second-order valence-electron chi connectivity index (χ2n) is 6.76. The zero-order chi connectivity index (χ0) is 15.5. The molecular weight excluding hydrogens is 282 g/mol. The quantitative estimate of drug-likeness (QED) is 0.900. The maximum absolute atomic E-state index is 5.23. The summed E-state index contributed by atoms with van der Waals surface area (Å²) in [6, 6.07) is 2.55. The Morgan fingerprint density at radius 3 is 2.67 bits per heavy atom. The average molecular weight is 309 g/mol. The average Bonchev–Trinajstić information content (AvgIpc) is 2.85. The third kappa shape index (κ3) is 4.58. The van der Waals surface area contributed by atoms with Crippen LogP contribution in [-0.4, -0.2) is 34.6 Å². The summed E-state index contributed by atoms with van der Waals surface area (Å²) in [6.07, 6.45) is 5.93. The first kappa shape index (κ1) is 16.6. The fraction of sp³-hybridized carbons (Fsp3) is 0.750. The Kier molecular flexibility index (Phi) is 5.49. The van der Waals surface area contributed by atoms with Crippen molar-refractivity contribution in [1.82, 2.24) is 9.97 Å². The molecule has 0 amide bonds. The van der Waals surface area contributed by atoms with Gasteiger partial charge in [-0.25, -0.2) is 9.97 Å². The van der Waals surface area contributed by atoms with Crippen molar-refractivity contribution in [3.8, 4) is 0 Å². The number of ether oxygens (including phenoxy) is 1. The molecule has 0 aliphatic heterocycles. The number of thioether (sulfide) groups is 1. The SMILES string of the molecule is COCc1cc(NC2CCC(SC)C2)nc(C(C)(C)C)n1. The number of anilines is 1. The molecule has 1 fully saturated rings. The molecule has 2 rings (SSSR count). The minimum Gasteiger partial charge on any atom is -0.378 e. The number of hydrogen-bond acceptors (Lipinski definition) is 5. The fourth-order valence-electron chi connectivity index (χ4n) is 2.62. The van der Waals surface area contributed by atoms with Crippen molar-refractivity contribution in [3.05, 3.63) is 17.6 Å². The minimum atomic E-state index is -0.0579. The lowest BCUT2D eigenvalue weighted by Gasteiger charge is -2.20. The van der Waals surface area contributed by atoms with Gasteiger partial charge in [-0.15, -0.1) is 0 Å². The molecule has 4 nitrogen and oxygen atoms in total. The number of rotatable bonds is 5. The molecule has 0 bridgehead atoms. The minimum absolute atomic E-state index is 0.0579. The fourth-order valence-corrected chi connectivity index (χ4v) is 3.42. The van der Waals surface area contributed by atoms with Gasteiger partial charge in [0.25, 0.3) is 0 Å². The van der Waals surface area contributed by atoms with Gasteiger partial charge in [0, 0.05) is 29.9 Å². The number of methoxy groups -OCH3 is 1. The summed E-state index contributed by atoms with van der Waals surface area (Å²) < 4.78 is 5.23. The summed E-state index contributed by atoms with van der Waals surface area (Å²) in [5, 5.41) is 4.38. The van der Waals surface area contributed by atoms with E-state index < -0.39 is 0 Å². The molecule has 1 N–H and O–H groups in total. The largest absolute Gasteiger partial charge is 0.378 e. The zero-order valence-electron chi connectivity index (χ0n) is 13.8. The number of nitrogens with one attached hydrogen (secondary N) is 1. The van der Waals surface area contributed by atoms with Crippen LogP contribution >= 0.6 is 11.8 Å². The van der Waals surface area contributed by atoms with Crippen LogP contribution in [-0.2, 0) is 16.8 Å². The molecule has 2 atom stereocenters. The molecule has 1 aromatic rings. The molecule has 0 spiro atoms. The van der Waals surface area contributed by atoms with Crippen LogP contribution in [0.4, 0.5) is 5.82 Å². The Morgan fingerprint density at radius 2 is 2.10 bits per heavy atom. The number of nitrogens with zero attached hydrogens (tertiary/aromatic N) is 2. The van der Waals surface area contributed by atoms with Gasteiger partial charge in [-0.3, -0.25) is 0 Å². The lowest BCUT2D eigenvalue weighted by Crippen LogP contribution is -2.22. The highest BCUT2D eigenvalue weighted by Crippen LogP contribution is 2.30. The number of aromatic nitrogens is 2. The highest BCUT2D eigenvalue weighted by molar-refractivity contribution is 7.99. The van der Waals surface area contributed by atoms with E-state index in [4.69, 9.17) is 9.72 Å². The third-order valence-electron chi connectivity index (χ3n) is 3.81. The topological polar surface area (TPSA) is 47.0 Å². The van der Waals surface area contributed by atoms with Gasteiger partial charge in [0.15, 0.2) is 0 Å². The van der Waals surface area contributed by atoms with E-state index in [-0.39, 0.29) is 5.41 Å². The van der Waals surface area contributed by atoms with Gasteiger partial charge in [0.2, 0.25) is 0 Å². The van der Waals surface area contributed by atoms with E-state index in [0.29, 0.717) is 12.6 Å². The molecular formula is C16H27N3OS. The van der Waals surface area contributed by atoms with Gasteiger partial charge in [0.05, 0.1) is 12.3 Å². The molecule has 1 heterocycles. The first-order valence-electron chi connectivity index (χ1n) is 7.59. The van der Waals surface area contributed by atoms with Crippen LogP contribution in [0.2, 0.25) is 0 Å². The van der Waals surface area contributed by atoms with Crippen LogP contribution in [0.5, 0.6) is 0 Å². The molecule has 2 unspecified atom stereocenters. The van der Waals surface area contributed by atoms with Crippen LogP contribution in [0.1, 0.15) is 51.6 Å². The first-order valence-corrected chi connectivity index (χ1v) is 8.88. The Morgan fingerprint density at radius 1 is 1.33 bits per heavy atom. The van der Waals surface area contributed by atoms with Crippen molar-refractivity contribution in [3.63, 3.8) is 0 Å². The lowest BCUT2D eigenvalue weighted by molar-refractivity contribution is 0.181. The van der Waals surface area contributed by atoms with Gasteiger partial charge in [-0.1, -0.05) is 20.8 Å². The summed E-state index contributed by atoms with van der Waals surface area (Å²) in [4.78, 5) is 9.34. The van der Waals surface area contributed by atoms with Crippen LogP contribution in [0.15, 0.2) is 6.07 Å². The highest BCUT2D eigenvalue weighted by atomic mass is 32.2. The first-order chi connectivity index (χ1) is 9.92. The van der Waals surface area contributed by atoms with Crippen LogP contribution in [0.25, 0.3) is 0 Å². The van der Waals surface area contributed by atoms with Crippen LogP contribution in [0, 0.1) is 0 Å². The lowest BCUT2D eigenvalue weighted by atomic mass is 9.95. The Labute approximate surface area is 132 Å². The van der Waals surface area contributed by atoms with Crippen molar-refractivity contribution >= 4 is 17.6 Å².